The number of rotatable bonds is 10. The maximum absolute atomic E-state index is 15.9. The van der Waals surface area contributed by atoms with Crippen molar-refractivity contribution < 1.29 is 41.4 Å². The number of fused-ring (bicyclic) bond motifs is 1. The number of piperidine rings is 1. The number of nitrogens with one attached hydrogen (secondary N) is 1. The zero-order valence-corrected chi connectivity index (χ0v) is 32.1. The topological polar surface area (TPSA) is 91.4 Å². The van der Waals surface area contributed by atoms with Gasteiger partial charge in [-0.25, -0.2) is 22.4 Å². The molecule has 0 aliphatic carbocycles. The molecular weight excluding hydrogens is 728 g/mol. The number of carbonyl (C=O) groups excluding carboxylic acids is 3. The lowest BCUT2D eigenvalue weighted by Gasteiger charge is -2.40. The molecule has 4 aromatic carbocycles. The molecule has 2 aliphatic heterocycles. The van der Waals surface area contributed by atoms with Gasteiger partial charge in [0.15, 0.2) is 17.2 Å². The molecule has 4 aromatic rings. The molecule has 0 radical (unpaired) electrons. The number of nitrogens with zero attached hydrogens (tertiary/aromatic N) is 3. The van der Waals surface area contributed by atoms with Gasteiger partial charge in [-0.15, -0.1) is 0 Å². The molecule has 9 nitrogen and oxygen atoms in total. The molecule has 0 saturated carbocycles. The Bertz CT molecular complexity index is 2030. The molecule has 0 unspecified atom stereocenters. The van der Waals surface area contributed by atoms with E-state index in [-0.39, 0.29) is 43.1 Å². The Morgan fingerprint density at radius 1 is 0.875 bits per heavy atom. The molecule has 2 heterocycles. The van der Waals surface area contributed by atoms with E-state index in [9.17, 15) is 23.2 Å². The second-order valence-corrected chi connectivity index (χ2v) is 15.7. The van der Waals surface area contributed by atoms with Crippen molar-refractivity contribution in [2.24, 2.45) is 0 Å². The van der Waals surface area contributed by atoms with Crippen LogP contribution in [0.3, 0.4) is 0 Å². The van der Waals surface area contributed by atoms with Crippen molar-refractivity contribution in [1.29, 1.82) is 0 Å². The van der Waals surface area contributed by atoms with Gasteiger partial charge in [-0.05, 0) is 69.9 Å². The average molecular weight is 775 g/mol. The molecule has 56 heavy (non-hydrogen) atoms. The summed E-state index contributed by atoms with van der Waals surface area (Å²) >= 11 is 0. The van der Waals surface area contributed by atoms with Gasteiger partial charge in [0.2, 0.25) is 0 Å². The molecule has 0 aromatic heterocycles. The lowest BCUT2D eigenvalue weighted by Crippen LogP contribution is -2.55. The van der Waals surface area contributed by atoms with Crippen LogP contribution in [0.15, 0.2) is 84.9 Å². The van der Waals surface area contributed by atoms with E-state index in [0.29, 0.717) is 25.7 Å². The summed E-state index contributed by atoms with van der Waals surface area (Å²) in [5.74, 6) is -6.80. The number of ether oxygens (including phenoxy) is 2. The summed E-state index contributed by atoms with van der Waals surface area (Å²) in [5.41, 5.74) is -0.489. The fraction of sp³-hybridized carbons (Fsp3) is 0.372. The largest absolute Gasteiger partial charge is 0.476 e. The van der Waals surface area contributed by atoms with Crippen LogP contribution >= 0.6 is 0 Å². The van der Waals surface area contributed by atoms with Crippen molar-refractivity contribution in [3.8, 4) is 5.75 Å². The third-order valence-corrected chi connectivity index (χ3v) is 9.87. The minimum Gasteiger partial charge on any atom is -0.476 e. The number of benzene rings is 4. The van der Waals surface area contributed by atoms with Gasteiger partial charge in [0, 0.05) is 57.3 Å². The summed E-state index contributed by atoms with van der Waals surface area (Å²) in [4.78, 5) is 46.0. The molecule has 13 heteroatoms. The predicted molar refractivity (Wildman–Crippen MR) is 203 cm³/mol. The van der Waals surface area contributed by atoms with Gasteiger partial charge in [-0.2, -0.15) is 0 Å². The molecule has 2 aliphatic rings. The molecule has 1 fully saturated rings. The van der Waals surface area contributed by atoms with Gasteiger partial charge in [-0.1, -0.05) is 60.7 Å². The first-order chi connectivity index (χ1) is 26.5. The smallest absolute Gasteiger partial charge is 0.410 e. The number of halogens is 4. The second kappa shape index (κ2) is 16.4. The van der Waals surface area contributed by atoms with Crippen molar-refractivity contribution in [3.63, 3.8) is 0 Å². The minimum atomic E-state index is -1.37. The number of amides is 3. The second-order valence-electron chi connectivity index (χ2n) is 15.7. The quantitative estimate of drug-likeness (QED) is 0.130. The Labute approximate surface area is 324 Å². The van der Waals surface area contributed by atoms with E-state index in [2.05, 4.69) is 10.2 Å². The zero-order valence-electron chi connectivity index (χ0n) is 32.1. The normalized spacial score (nSPS) is 18.0. The summed E-state index contributed by atoms with van der Waals surface area (Å²) in [6, 6.07) is 22.2. The number of hydrogen-bond donors (Lipinski definition) is 1. The number of carbonyl (C=O) groups is 3. The Kier molecular flexibility index (Phi) is 11.7. The van der Waals surface area contributed by atoms with Crippen LogP contribution in [0, 0.1) is 23.3 Å². The zero-order chi connectivity index (χ0) is 40.4. The Morgan fingerprint density at radius 3 is 2.09 bits per heavy atom. The van der Waals surface area contributed by atoms with Crippen LogP contribution in [0.1, 0.15) is 74.0 Å². The summed E-state index contributed by atoms with van der Waals surface area (Å²) in [6.07, 6.45) is -0.643. The highest BCUT2D eigenvalue weighted by Gasteiger charge is 2.43. The molecule has 3 amide bonds. The lowest BCUT2D eigenvalue weighted by atomic mass is 9.84. The number of hydrogen-bond acceptors (Lipinski definition) is 6. The van der Waals surface area contributed by atoms with Crippen molar-refractivity contribution in [3.05, 3.63) is 130 Å². The van der Waals surface area contributed by atoms with E-state index in [1.807, 2.05) is 60.7 Å². The van der Waals surface area contributed by atoms with Crippen LogP contribution in [-0.2, 0) is 22.6 Å². The minimum absolute atomic E-state index is 0.0481. The van der Waals surface area contributed by atoms with E-state index >= 15 is 8.78 Å². The number of likely N-dealkylation sites (tertiary alicyclic amines) is 1. The van der Waals surface area contributed by atoms with Gasteiger partial charge in [0.05, 0.1) is 17.3 Å². The van der Waals surface area contributed by atoms with Gasteiger partial charge < -0.3 is 24.6 Å². The Hall–Kier alpha value is -5.43. The fourth-order valence-corrected chi connectivity index (χ4v) is 7.15. The fourth-order valence-electron chi connectivity index (χ4n) is 7.15. The lowest BCUT2D eigenvalue weighted by molar-refractivity contribution is -0.132. The number of anilines is 1. The van der Waals surface area contributed by atoms with E-state index in [4.69, 9.17) is 9.47 Å². The van der Waals surface area contributed by atoms with Crippen molar-refractivity contribution >= 4 is 23.6 Å². The van der Waals surface area contributed by atoms with Crippen LogP contribution < -0.4 is 15.0 Å². The summed E-state index contributed by atoms with van der Waals surface area (Å²) in [5, 5.41) is 2.72. The highest BCUT2D eigenvalue weighted by Crippen LogP contribution is 2.40. The highest BCUT2D eigenvalue weighted by atomic mass is 19.2. The van der Waals surface area contributed by atoms with Crippen molar-refractivity contribution in [1.82, 2.24) is 15.1 Å². The molecule has 1 N–H and O–H groups in total. The van der Waals surface area contributed by atoms with Gasteiger partial charge >= 0.3 is 6.09 Å². The van der Waals surface area contributed by atoms with E-state index in [1.54, 1.807) is 34.6 Å². The standard InChI is InChI=1S/C43H46F4N4O5/c1-42(2,3)56-41(54)50-17-16-29(30-20-34(46)35(47)22-32(30)44)36(26-50)48-39(52)31-21-37-38(23-33(31)45)55-43(4,5)40(53)51(37)19-18-49(24-27-12-8-6-9-13-27)25-28-14-10-7-11-15-28/h6-15,20-23,29,36H,16-19,24-26H2,1-5H3,(H,48,52)/t29-,36+/m1/s1. The van der Waals surface area contributed by atoms with E-state index < -0.39 is 69.9 Å². The molecule has 6 rings (SSSR count). The summed E-state index contributed by atoms with van der Waals surface area (Å²) in [6.45, 7) is 9.87. The summed E-state index contributed by atoms with van der Waals surface area (Å²) < 4.78 is 70.9. The van der Waals surface area contributed by atoms with Gasteiger partial charge in [0.25, 0.3) is 11.8 Å². The Morgan fingerprint density at radius 2 is 1.48 bits per heavy atom. The first-order valence-electron chi connectivity index (χ1n) is 18.6. The first kappa shape index (κ1) is 40.2. The van der Waals surface area contributed by atoms with Crippen LogP contribution in [0.25, 0.3) is 0 Å². The average Bonchev–Trinajstić information content (AvgIpc) is 3.13. The molecule has 296 valence electrons. The van der Waals surface area contributed by atoms with E-state index in [1.165, 1.54) is 15.9 Å². The maximum Gasteiger partial charge on any atom is 0.410 e. The van der Waals surface area contributed by atoms with Gasteiger partial charge in [0.1, 0.15) is 23.0 Å². The SMILES string of the molecule is CC(C)(C)OC(=O)N1CC[C@H](c2cc(F)c(F)cc2F)[C@@H](NC(=O)c2cc3c(cc2F)OC(C)(C)C(=O)N3CCN(Cc2ccccc2)Cc2ccccc2)C1. The predicted octanol–water partition coefficient (Wildman–Crippen LogP) is 7.97. The maximum atomic E-state index is 15.9. The molecule has 0 bridgehead atoms. The third-order valence-electron chi connectivity index (χ3n) is 9.87. The monoisotopic (exact) mass is 774 g/mol. The Balaban J connectivity index is 1.29. The van der Waals surface area contributed by atoms with Crippen LogP contribution in [0.4, 0.5) is 28.0 Å². The molecular formula is C43H46F4N4O5. The molecule has 2 atom stereocenters. The van der Waals surface area contributed by atoms with Crippen LogP contribution in [0.5, 0.6) is 5.75 Å². The van der Waals surface area contributed by atoms with Crippen molar-refractivity contribution in [2.45, 2.75) is 77.3 Å². The van der Waals surface area contributed by atoms with Crippen LogP contribution in [-0.4, -0.2) is 71.1 Å². The van der Waals surface area contributed by atoms with Gasteiger partial charge in [-0.3, -0.25) is 14.5 Å². The third kappa shape index (κ3) is 9.32. The highest BCUT2D eigenvalue weighted by molar-refractivity contribution is 6.04. The first-order valence-corrected chi connectivity index (χ1v) is 18.6. The molecule has 1 saturated heterocycles. The van der Waals surface area contributed by atoms with Crippen LogP contribution in [0.2, 0.25) is 0 Å². The molecule has 0 spiro atoms. The van der Waals surface area contributed by atoms with Crippen molar-refractivity contribution in [2.75, 3.05) is 31.1 Å². The summed E-state index contributed by atoms with van der Waals surface area (Å²) in [7, 11) is 0. The van der Waals surface area contributed by atoms with E-state index in [0.717, 1.165) is 23.3 Å².